The number of hydrogen-bond donors (Lipinski definition) is 1. The number of nitrogens with zero attached hydrogens (tertiary/aromatic N) is 2. The van der Waals surface area contributed by atoms with Gasteiger partial charge in [-0.05, 0) is 37.1 Å². The number of aryl methyl sites for hydroxylation is 2. The van der Waals surface area contributed by atoms with E-state index < -0.39 is 0 Å². The van der Waals surface area contributed by atoms with Crippen molar-refractivity contribution in [2.75, 3.05) is 0 Å². The van der Waals surface area contributed by atoms with Crippen LogP contribution in [0.3, 0.4) is 0 Å². The van der Waals surface area contributed by atoms with Crippen molar-refractivity contribution in [3.05, 3.63) is 98.9 Å². The molecule has 4 nitrogen and oxygen atoms in total. The summed E-state index contributed by atoms with van der Waals surface area (Å²) in [5.74, 6) is 0.553. The Hall–Kier alpha value is -3.37. The Bertz CT molecular complexity index is 1460. The van der Waals surface area contributed by atoms with Gasteiger partial charge < -0.3 is 9.55 Å². The van der Waals surface area contributed by atoms with Crippen LogP contribution in [0, 0.1) is 13.8 Å². The molecule has 0 amide bonds. The Balaban J connectivity index is 1.73. The Morgan fingerprint density at radius 3 is 2.50 bits per heavy atom. The highest BCUT2D eigenvalue weighted by atomic mass is 35.5. The normalized spacial score (nSPS) is 11.4. The van der Waals surface area contributed by atoms with E-state index in [0.29, 0.717) is 22.8 Å². The van der Waals surface area contributed by atoms with E-state index >= 15 is 0 Å². The third kappa shape index (κ3) is 3.10. The maximum atomic E-state index is 12.7. The number of rotatable bonds is 3. The lowest BCUT2D eigenvalue weighted by molar-refractivity contribution is 0.836. The van der Waals surface area contributed by atoms with Crippen molar-refractivity contribution < 1.29 is 0 Å². The number of nitrogens with one attached hydrogen (secondary N) is 1. The summed E-state index contributed by atoms with van der Waals surface area (Å²) >= 11 is 6.59. The summed E-state index contributed by atoms with van der Waals surface area (Å²) in [7, 11) is 0. The summed E-state index contributed by atoms with van der Waals surface area (Å²) in [6.07, 6.45) is 2.03. The second kappa shape index (κ2) is 7.15. The highest BCUT2D eigenvalue weighted by Crippen LogP contribution is 2.33. The van der Waals surface area contributed by atoms with E-state index in [4.69, 9.17) is 16.6 Å². The average Bonchev–Trinajstić information content (AvgIpc) is 3.10. The number of H-pyrrole nitrogens is 1. The zero-order valence-electron chi connectivity index (χ0n) is 16.7. The van der Waals surface area contributed by atoms with Gasteiger partial charge in [0, 0.05) is 23.7 Å². The van der Waals surface area contributed by atoms with Gasteiger partial charge in [0.1, 0.15) is 5.82 Å². The van der Waals surface area contributed by atoms with Gasteiger partial charge in [0.25, 0.3) is 5.56 Å². The minimum atomic E-state index is -0.139. The van der Waals surface area contributed by atoms with E-state index in [-0.39, 0.29) is 5.56 Å². The van der Waals surface area contributed by atoms with Gasteiger partial charge in [0.05, 0.1) is 21.4 Å². The molecular formula is C25H20ClN3O. The Morgan fingerprint density at radius 2 is 1.70 bits per heavy atom. The molecule has 5 heteroatoms. The van der Waals surface area contributed by atoms with Crippen LogP contribution in [0.4, 0.5) is 0 Å². The number of benzene rings is 3. The molecule has 148 valence electrons. The lowest BCUT2D eigenvalue weighted by atomic mass is 10.1. The predicted octanol–water partition coefficient (Wildman–Crippen LogP) is 5.86. The largest absolute Gasteiger partial charge is 0.341 e. The number of para-hydroxylation sites is 2. The molecule has 5 rings (SSSR count). The SMILES string of the molecule is Cc1ccc(Cn2cc(-c3nc4c(C)cccc4c(=O)[nH]3)c3cccc(Cl)c32)cc1. The molecule has 2 heterocycles. The summed E-state index contributed by atoms with van der Waals surface area (Å²) in [5, 5.41) is 2.23. The maximum absolute atomic E-state index is 12.7. The van der Waals surface area contributed by atoms with Crippen molar-refractivity contribution in [1.82, 2.24) is 14.5 Å². The molecule has 0 aliphatic rings. The highest BCUT2D eigenvalue weighted by Gasteiger charge is 2.16. The van der Waals surface area contributed by atoms with Crippen LogP contribution in [0.2, 0.25) is 5.02 Å². The highest BCUT2D eigenvalue weighted by molar-refractivity contribution is 6.35. The molecule has 0 unspecified atom stereocenters. The molecular weight excluding hydrogens is 394 g/mol. The van der Waals surface area contributed by atoms with Gasteiger partial charge in [0.15, 0.2) is 0 Å². The molecule has 0 aliphatic heterocycles. The molecule has 0 bridgehead atoms. The molecule has 0 fully saturated rings. The molecule has 0 radical (unpaired) electrons. The Morgan fingerprint density at radius 1 is 0.967 bits per heavy atom. The van der Waals surface area contributed by atoms with E-state index in [1.807, 2.05) is 43.5 Å². The van der Waals surface area contributed by atoms with Crippen LogP contribution in [0.5, 0.6) is 0 Å². The summed E-state index contributed by atoms with van der Waals surface area (Å²) in [6.45, 7) is 4.72. The van der Waals surface area contributed by atoms with E-state index in [2.05, 4.69) is 40.7 Å². The first-order valence-electron chi connectivity index (χ1n) is 9.84. The summed E-state index contributed by atoms with van der Waals surface area (Å²) < 4.78 is 2.12. The smallest absolute Gasteiger partial charge is 0.259 e. The van der Waals surface area contributed by atoms with E-state index in [1.165, 1.54) is 11.1 Å². The second-order valence-electron chi connectivity index (χ2n) is 7.68. The Kier molecular flexibility index (Phi) is 4.44. The van der Waals surface area contributed by atoms with Crippen molar-refractivity contribution in [2.24, 2.45) is 0 Å². The molecule has 2 aromatic heterocycles. The van der Waals surface area contributed by atoms with Crippen molar-refractivity contribution in [3.63, 3.8) is 0 Å². The van der Waals surface area contributed by atoms with Gasteiger partial charge >= 0.3 is 0 Å². The number of aromatic nitrogens is 3. The van der Waals surface area contributed by atoms with E-state index in [9.17, 15) is 4.79 Å². The quantitative estimate of drug-likeness (QED) is 0.402. The third-order valence-electron chi connectivity index (χ3n) is 5.52. The van der Waals surface area contributed by atoms with Crippen LogP contribution in [-0.2, 0) is 6.54 Å². The number of fused-ring (bicyclic) bond motifs is 2. The molecule has 3 aromatic carbocycles. The van der Waals surface area contributed by atoms with Crippen molar-refractivity contribution >= 4 is 33.4 Å². The van der Waals surface area contributed by atoms with Crippen LogP contribution in [0.1, 0.15) is 16.7 Å². The van der Waals surface area contributed by atoms with Crippen LogP contribution in [0.15, 0.2) is 71.7 Å². The lowest BCUT2D eigenvalue weighted by Crippen LogP contribution is -2.10. The molecule has 5 aromatic rings. The molecule has 0 saturated heterocycles. The van der Waals surface area contributed by atoms with Crippen LogP contribution in [0.25, 0.3) is 33.2 Å². The summed E-state index contributed by atoms with van der Waals surface area (Å²) in [5.41, 5.74) is 5.76. The van der Waals surface area contributed by atoms with Crippen molar-refractivity contribution in [1.29, 1.82) is 0 Å². The molecule has 1 N–H and O–H groups in total. The monoisotopic (exact) mass is 413 g/mol. The van der Waals surface area contributed by atoms with Gasteiger partial charge in [-0.2, -0.15) is 0 Å². The second-order valence-corrected chi connectivity index (χ2v) is 8.09. The minimum Gasteiger partial charge on any atom is -0.341 e. The molecule has 0 atom stereocenters. The molecule has 0 saturated carbocycles. The maximum Gasteiger partial charge on any atom is 0.259 e. The van der Waals surface area contributed by atoms with Crippen LogP contribution >= 0.6 is 11.6 Å². The topological polar surface area (TPSA) is 50.7 Å². The van der Waals surface area contributed by atoms with Crippen molar-refractivity contribution in [2.45, 2.75) is 20.4 Å². The summed E-state index contributed by atoms with van der Waals surface area (Å²) in [6, 6.07) is 19.9. The fraction of sp³-hybridized carbons (Fsp3) is 0.120. The number of hydrogen-bond acceptors (Lipinski definition) is 2. The number of halogens is 1. The van der Waals surface area contributed by atoms with Gasteiger partial charge in [-0.1, -0.05) is 65.7 Å². The van der Waals surface area contributed by atoms with Crippen LogP contribution < -0.4 is 5.56 Å². The van der Waals surface area contributed by atoms with E-state index in [1.54, 1.807) is 6.07 Å². The zero-order valence-corrected chi connectivity index (χ0v) is 17.5. The number of aromatic amines is 1. The fourth-order valence-electron chi connectivity index (χ4n) is 3.95. The van der Waals surface area contributed by atoms with Crippen molar-refractivity contribution in [3.8, 4) is 11.4 Å². The fourth-order valence-corrected chi connectivity index (χ4v) is 4.23. The molecule has 0 aliphatic carbocycles. The van der Waals surface area contributed by atoms with Crippen LogP contribution in [-0.4, -0.2) is 14.5 Å². The summed E-state index contributed by atoms with van der Waals surface area (Å²) in [4.78, 5) is 20.5. The molecule has 30 heavy (non-hydrogen) atoms. The van der Waals surface area contributed by atoms with E-state index in [0.717, 1.165) is 27.5 Å². The average molecular weight is 414 g/mol. The first kappa shape index (κ1) is 18.6. The first-order valence-corrected chi connectivity index (χ1v) is 10.2. The van der Waals surface area contributed by atoms with Gasteiger partial charge in [-0.3, -0.25) is 4.79 Å². The molecule has 0 spiro atoms. The first-order chi connectivity index (χ1) is 14.5. The third-order valence-corrected chi connectivity index (χ3v) is 5.82. The zero-order chi connectivity index (χ0) is 20.8. The Labute approximate surface area is 178 Å². The van der Waals surface area contributed by atoms with Gasteiger partial charge in [-0.15, -0.1) is 0 Å². The minimum absolute atomic E-state index is 0.139. The van der Waals surface area contributed by atoms with Gasteiger partial charge in [0.2, 0.25) is 0 Å². The van der Waals surface area contributed by atoms with Gasteiger partial charge in [-0.25, -0.2) is 4.98 Å². The lowest BCUT2D eigenvalue weighted by Gasteiger charge is -2.07. The predicted molar refractivity (Wildman–Crippen MR) is 123 cm³/mol. The standard InChI is InChI=1S/C25H20ClN3O/c1-15-9-11-17(12-10-15)13-29-14-20(18-6-4-8-21(26)23(18)29)24-27-22-16(2)5-3-7-19(22)25(30)28-24/h3-12,14H,13H2,1-2H3,(H,27,28,30).